The van der Waals surface area contributed by atoms with Crippen molar-refractivity contribution >= 4 is 11.2 Å². The van der Waals surface area contributed by atoms with Crippen LogP contribution in [0.5, 0.6) is 0 Å². The van der Waals surface area contributed by atoms with Gasteiger partial charge in [0.05, 0.1) is 0 Å². The molecule has 0 aromatic rings. The van der Waals surface area contributed by atoms with E-state index in [9.17, 15) is 4.55 Å². The van der Waals surface area contributed by atoms with Gasteiger partial charge in [0, 0.05) is 5.92 Å². The summed E-state index contributed by atoms with van der Waals surface area (Å²) in [6.45, 7) is 4.19. The number of hydrogen-bond acceptors (Lipinski definition) is 1. The van der Waals surface area contributed by atoms with Gasteiger partial charge in [-0.25, -0.2) is 0 Å². The molecule has 1 aliphatic heterocycles. The van der Waals surface area contributed by atoms with Crippen LogP contribution in [0.2, 0.25) is 0 Å². The molecule has 2 heteroatoms. The Bertz CT molecular complexity index is 66.5. The molecule has 1 aliphatic rings. The molecule has 0 amide bonds. The predicted octanol–water partition coefficient (Wildman–Crippen LogP) is 0.773. The molecule has 0 aromatic heterocycles. The first-order chi connectivity index (χ1) is 3.22. The molecule has 0 radical (unpaired) electrons. The van der Waals surface area contributed by atoms with Crippen LogP contribution >= 0.6 is 0 Å². The van der Waals surface area contributed by atoms with Crippen molar-refractivity contribution in [3.05, 3.63) is 0 Å². The highest BCUT2D eigenvalue weighted by molar-refractivity contribution is 7.93. The van der Waals surface area contributed by atoms with Crippen molar-refractivity contribution in [1.29, 1.82) is 0 Å². The second-order valence-corrected chi connectivity index (χ2v) is 4.07. The van der Waals surface area contributed by atoms with E-state index in [2.05, 4.69) is 6.92 Å². The smallest absolute Gasteiger partial charge is 0.119 e. The molecule has 3 atom stereocenters. The predicted molar refractivity (Wildman–Crippen MR) is 31.6 cm³/mol. The van der Waals surface area contributed by atoms with Gasteiger partial charge in [-0.2, -0.15) is 0 Å². The third kappa shape index (κ3) is 0.774. The van der Waals surface area contributed by atoms with E-state index in [0.29, 0.717) is 11.2 Å². The maximum atomic E-state index is 10.6. The van der Waals surface area contributed by atoms with E-state index in [-0.39, 0.29) is 0 Å². The van der Waals surface area contributed by atoms with Crippen molar-refractivity contribution in [2.45, 2.75) is 19.1 Å². The molecule has 1 rings (SSSR count). The number of hydrogen-bond donors (Lipinski definition) is 0. The van der Waals surface area contributed by atoms with Gasteiger partial charge < -0.3 is 4.55 Å². The van der Waals surface area contributed by atoms with E-state index in [1.165, 1.54) is 0 Å². The molecule has 0 N–H and O–H groups in total. The molecule has 1 heterocycles. The van der Waals surface area contributed by atoms with Crippen LogP contribution in [0.15, 0.2) is 0 Å². The lowest BCUT2D eigenvalue weighted by molar-refractivity contribution is 0.491. The third-order valence-corrected chi connectivity index (χ3v) is 3.79. The van der Waals surface area contributed by atoms with E-state index in [1.54, 1.807) is 0 Å². The van der Waals surface area contributed by atoms with Crippen LogP contribution in [-0.4, -0.2) is 15.6 Å². The van der Waals surface area contributed by atoms with Crippen LogP contribution in [0.1, 0.15) is 13.8 Å². The molecule has 0 spiro atoms. The Morgan fingerprint density at radius 2 is 2.14 bits per heavy atom. The average Bonchev–Trinajstić information content (AvgIpc) is 1.68. The molecule has 0 saturated carbocycles. The van der Waals surface area contributed by atoms with Gasteiger partial charge in [0.15, 0.2) is 0 Å². The van der Waals surface area contributed by atoms with Crippen molar-refractivity contribution in [3.8, 4) is 0 Å². The maximum absolute atomic E-state index is 10.6. The largest absolute Gasteiger partial charge is 0.616 e. The minimum atomic E-state index is -0.467. The zero-order valence-corrected chi connectivity index (χ0v) is 5.49. The summed E-state index contributed by atoms with van der Waals surface area (Å²) in [7, 11) is 0. The highest BCUT2D eigenvalue weighted by Crippen LogP contribution is 2.26. The summed E-state index contributed by atoms with van der Waals surface area (Å²) in [5, 5.41) is 0.472. The molecule has 1 saturated heterocycles. The summed E-state index contributed by atoms with van der Waals surface area (Å²) in [5.74, 6) is 1.64. The van der Waals surface area contributed by atoms with Crippen LogP contribution in [0.3, 0.4) is 0 Å². The van der Waals surface area contributed by atoms with E-state index in [4.69, 9.17) is 0 Å². The molecular weight excluding hydrogens is 108 g/mol. The molecule has 3 unspecified atom stereocenters. The van der Waals surface area contributed by atoms with Crippen molar-refractivity contribution in [2.24, 2.45) is 5.92 Å². The molecule has 1 fully saturated rings. The maximum Gasteiger partial charge on any atom is 0.119 e. The molecule has 0 aromatic carbocycles. The molecule has 0 aliphatic carbocycles. The highest BCUT2D eigenvalue weighted by atomic mass is 32.2. The van der Waals surface area contributed by atoms with Gasteiger partial charge in [0.2, 0.25) is 0 Å². The Balaban J connectivity index is 2.29. The molecule has 0 bridgehead atoms. The van der Waals surface area contributed by atoms with Gasteiger partial charge in [-0.1, -0.05) is 18.1 Å². The first-order valence-electron chi connectivity index (χ1n) is 2.59. The van der Waals surface area contributed by atoms with Crippen LogP contribution in [0.25, 0.3) is 0 Å². The summed E-state index contributed by atoms with van der Waals surface area (Å²) in [4.78, 5) is 0. The zero-order valence-electron chi connectivity index (χ0n) is 4.68. The van der Waals surface area contributed by atoms with Gasteiger partial charge in [0.25, 0.3) is 0 Å². The molecule has 42 valence electrons. The summed E-state index contributed by atoms with van der Waals surface area (Å²) >= 11 is -0.467. The fourth-order valence-electron chi connectivity index (χ4n) is 0.683. The van der Waals surface area contributed by atoms with E-state index < -0.39 is 11.2 Å². The minimum absolute atomic E-state index is 0.467. The minimum Gasteiger partial charge on any atom is -0.616 e. The van der Waals surface area contributed by atoms with Crippen molar-refractivity contribution in [1.82, 2.24) is 0 Å². The normalized spacial score (nSPS) is 51.0. The van der Waals surface area contributed by atoms with E-state index in [0.717, 1.165) is 5.75 Å². The second-order valence-electron chi connectivity index (χ2n) is 2.23. The van der Waals surface area contributed by atoms with Crippen molar-refractivity contribution in [3.63, 3.8) is 0 Å². The average molecular weight is 118 g/mol. The summed E-state index contributed by atoms with van der Waals surface area (Å²) in [5.41, 5.74) is 0. The Labute approximate surface area is 47.3 Å². The van der Waals surface area contributed by atoms with Gasteiger partial charge in [-0.3, -0.25) is 0 Å². The SMILES string of the molecule is CC1C[S+]([O-])C1C. The van der Waals surface area contributed by atoms with Gasteiger partial charge in [0.1, 0.15) is 11.0 Å². The van der Waals surface area contributed by atoms with Crippen LogP contribution in [0, 0.1) is 5.92 Å². The lowest BCUT2D eigenvalue weighted by Gasteiger charge is -2.33. The summed E-state index contributed by atoms with van der Waals surface area (Å²) in [6.07, 6.45) is 0. The topological polar surface area (TPSA) is 23.1 Å². The Morgan fingerprint density at radius 1 is 1.57 bits per heavy atom. The Kier molecular flexibility index (Phi) is 1.30. The highest BCUT2D eigenvalue weighted by Gasteiger charge is 2.37. The first kappa shape index (κ1) is 5.45. The summed E-state index contributed by atoms with van der Waals surface area (Å²) < 4.78 is 10.6. The van der Waals surface area contributed by atoms with Gasteiger partial charge in [-0.05, 0) is 6.92 Å². The molecular formula is C5H10OS. The molecule has 7 heavy (non-hydrogen) atoms. The lowest BCUT2D eigenvalue weighted by atomic mass is 10.1. The fraction of sp³-hybridized carbons (Fsp3) is 1.00. The van der Waals surface area contributed by atoms with Crippen LogP contribution in [0.4, 0.5) is 0 Å². The van der Waals surface area contributed by atoms with Crippen LogP contribution in [-0.2, 0) is 11.2 Å². The quantitative estimate of drug-likeness (QED) is 0.431. The van der Waals surface area contributed by atoms with Crippen molar-refractivity contribution < 1.29 is 4.55 Å². The van der Waals surface area contributed by atoms with E-state index >= 15 is 0 Å². The first-order valence-corrected chi connectivity index (χ1v) is 3.97. The Hall–Kier alpha value is 0.310. The monoisotopic (exact) mass is 118 g/mol. The summed E-state index contributed by atoms with van der Waals surface area (Å²) in [6, 6.07) is 0. The fourth-order valence-corrected chi connectivity index (χ4v) is 2.05. The third-order valence-electron chi connectivity index (χ3n) is 1.64. The van der Waals surface area contributed by atoms with Crippen molar-refractivity contribution in [2.75, 3.05) is 5.75 Å². The van der Waals surface area contributed by atoms with E-state index in [1.807, 2.05) is 6.92 Å². The number of rotatable bonds is 0. The van der Waals surface area contributed by atoms with Crippen LogP contribution < -0.4 is 0 Å². The Morgan fingerprint density at radius 3 is 2.14 bits per heavy atom. The second kappa shape index (κ2) is 1.67. The molecule has 1 nitrogen and oxygen atoms in total. The zero-order chi connectivity index (χ0) is 5.44. The lowest BCUT2D eigenvalue weighted by Crippen LogP contribution is -2.43. The standard InChI is InChI=1S/C5H10OS/c1-4-3-7(6)5(4)2/h4-5H,3H2,1-2H3. The van der Waals surface area contributed by atoms with Gasteiger partial charge in [-0.15, -0.1) is 0 Å². The van der Waals surface area contributed by atoms with Gasteiger partial charge >= 0.3 is 0 Å².